The number of amides is 1. The molecule has 5 heteroatoms. The van der Waals surface area contributed by atoms with Gasteiger partial charge in [0.1, 0.15) is 11.6 Å². The number of nitrogens with two attached hydrogens (primary N) is 1. The Bertz CT molecular complexity index is 465. The molecule has 2 rings (SSSR count). The first kappa shape index (κ1) is 13.8. The zero-order chi connectivity index (χ0) is 13.8. The van der Waals surface area contributed by atoms with Crippen molar-refractivity contribution in [1.29, 1.82) is 0 Å². The van der Waals surface area contributed by atoms with Gasteiger partial charge in [0.25, 0.3) is 5.91 Å². The minimum Gasteiger partial charge on any atom is -0.496 e. The fourth-order valence-corrected chi connectivity index (χ4v) is 2.61. The Hall–Kier alpha value is -1.62. The Labute approximate surface area is 112 Å². The second kappa shape index (κ2) is 6.02. The van der Waals surface area contributed by atoms with E-state index in [1.807, 2.05) is 0 Å². The monoisotopic (exact) mass is 266 g/mol. The number of benzene rings is 1. The van der Waals surface area contributed by atoms with E-state index in [0.717, 1.165) is 19.3 Å². The van der Waals surface area contributed by atoms with Crippen LogP contribution < -0.4 is 15.8 Å². The molecule has 0 saturated heterocycles. The molecule has 2 atom stereocenters. The van der Waals surface area contributed by atoms with Gasteiger partial charge in [-0.25, -0.2) is 4.39 Å². The maximum Gasteiger partial charge on any atom is 0.255 e. The summed E-state index contributed by atoms with van der Waals surface area (Å²) in [6.45, 7) is 0.561. The van der Waals surface area contributed by atoms with E-state index in [2.05, 4.69) is 5.32 Å². The molecule has 0 heterocycles. The third kappa shape index (κ3) is 3.04. The molecule has 0 aromatic heterocycles. The highest BCUT2D eigenvalue weighted by atomic mass is 19.1. The van der Waals surface area contributed by atoms with Crippen LogP contribution in [-0.4, -0.2) is 25.6 Å². The van der Waals surface area contributed by atoms with Crippen LogP contribution in [0.3, 0.4) is 0 Å². The zero-order valence-corrected chi connectivity index (χ0v) is 11.0. The molecule has 0 aliphatic heterocycles. The van der Waals surface area contributed by atoms with Crippen LogP contribution in [0, 0.1) is 11.7 Å². The van der Waals surface area contributed by atoms with Gasteiger partial charge in [-0.1, -0.05) is 6.42 Å². The number of methoxy groups -OCH3 is 1. The van der Waals surface area contributed by atoms with Crippen molar-refractivity contribution in [3.63, 3.8) is 0 Å². The summed E-state index contributed by atoms with van der Waals surface area (Å²) in [4.78, 5) is 12.2. The van der Waals surface area contributed by atoms with Crippen LogP contribution in [-0.2, 0) is 0 Å². The first-order valence-electron chi connectivity index (χ1n) is 6.50. The van der Waals surface area contributed by atoms with Gasteiger partial charge in [-0.15, -0.1) is 0 Å². The molecular formula is C14H19FN2O2. The predicted octanol–water partition coefficient (Wildman–Crippen LogP) is 1.69. The van der Waals surface area contributed by atoms with Crippen LogP contribution in [0.1, 0.15) is 29.6 Å². The molecule has 0 spiro atoms. The van der Waals surface area contributed by atoms with E-state index in [1.165, 1.54) is 25.3 Å². The summed E-state index contributed by atoms with van der Waals surface area (Å²) in [5.41, 5.74) is 5.91. The number of hydrogen-bond donors (Lipinski definition) is 2. The van der Waals surface area contributed by atoms with Crippen LogP contribution >= 0.6 is 0 Å². The highest BCUT2D eigenvalue weighted by molar-refractivity contribution is 5.97. The SMILES string of the molecule is COc1ccc(F)cc1C(=O)NC1CCCC1CN. The third-order valence-electron chi connectivity index (χ3n) is 3.68. The van der Waals surface area contributed by atoms with Crippen molar-refractivity contribution < 1.29 is 13.9 Å². The van der Waals surface area contributed by atoms with Gasteiger partial charge in [-0.3, -0.25) is 4.79 Å². The third-order valence-corrected chi connectivity index (χ3v) is 3.68. The van der Waals surface area contributed by atoms with Crippen molar-refractivity contribution in [1.82, 2.24) is 5.32 Å². The molecule has 2 unspecified atom stereocenters. The second-order valence-electron chi connectivity index (χ2n) is 4.85. The molecule has 104 valence electrons. The van der Waals surface area contributed by atoms with Crippen LogP contribution in [0.25, 0.3) is 0 Å². The molecule has 1 fully saturated rings. The van der Waals surface area contributed by atoms with Crippen LogP contribution in [0.2, 0.25) is 0 Å². The Morgan fingerprint density at radius 1 is 1.53 bits per heavy atom. The van der Waals surface area contributed by atoms with Gasteiger partial charge in [0.15, 0.2) is 0 Å². The Morgan fingerprint density at radius 2 is 2.32 bits per heavy atom. The molecule has 1 amide bonds. The molecule has 1 aromatic rings. The van der Waals surface area contributed by atoms with E-state index in [4.69, 9.17) is 10.5 Å². The van der Waals surface area contributed by atoms with Gasteiger partial charge in [0.2, 0.25) is 0 Å². The van der Waals surface area contributed by atoms with Crippen LogP contribution in [0.5, 0.6) is 5.75 Å². The van der Waals surface area contributed by atoms with Crippen molar-refractivity contribution in [2.75, 3.05) is 13.7 Å². The van der Waals surface area contributed by atoms with Crippen molar-refractivity contribution >= 4 is 5.91 Å². The van der Waals surface area contributed by atoms with E-state index >= 15 is 0 Å². The van der Waals surface area contributed by atoms with Crippen LogP contribution in [0.15, 0.2) is 18.2 Å². The average molecular weight is 266 g/mol. The standard InChI is InChI=1S/C14H19FN2O2/c1-19-13-6-5-10(15)7-11(13)14(18)17-12-4-2-3-9(12)8-16/h5-7,9,12H,2-4,8,16H2,1H3,(H,17,18). The Balaban J connectivity index is 2.13. The van der Waals surface area contributed by atoms with Crippen molar-refractivity contribution in [2.45, 2.75) is 25.3 Å². The van der Waals surface area contributed by atoms with Crippen LogP contribution in [0.4, 0.5) is 4.39 Å². The van der Waals surface area contributed by atoms with E-state index in [9.17, 15) is 9.18 Å². The molecule has 1 aliphatic rings. The van der Waals surface area contributed by atoms with E-state index in [0.29, 0.717) is 18.2 Å². The highest BCUT2D eigenvalue weighted by Crippen LogP contribution is 2.26. The van der Waals surface area contributed by atoms with E-state index in [1.54, 1.807) is 0 Å². The molecule has 4 nitrogen and oxygen atoms in total. The maximum absolute atomic E-state index is 13.2. The Morgan fingerprint density at radius 3 is 3.00 bits per heavy atom. The number of rotatable bonds is 4. The summed E-state index contributed by atoms with van der Waals surface area (Å²) in [6.07, 6.45) is 3.01. The van der Waals surface area contributed by atoms with Gasteiger partial charge in [-0.2, -0.15) is 0 Å². The first-order valence-corrected chi connectivity index (χ1v) is 6.50. The van der Waals surface area contributed by atoms with Crippen molar-refractivity contribution in [2.24, 2.45) is 11.7 Å². The molecule has 0 bridgehead atoms. The molecule has 3 N–H and O–H groups in total. The lowest BCUT2D eigenvalue weighted by Gasteiger charge is -2.20. The minimum atomic E-state index is -0.451. The molecule has 1 saturated carbocycles. The van der Waals surface area contributed by atoms with Crippen molar-refractivity contribution in [3.05, 3.63) is 29.6 Å². The molecule has 1 aliphatic carbocycles. The van der Waals surface area contributed by atoms with Gasteiger partial charge in [0, 0.05) is 6.04 Å². The first-order chi connectivity index (χ1) is 9.15. The lowest BCUT2D eigenvalue weighted by Crippen LogP contribution is -2.40. The summed E-state index contributed by atoms with van der Waals surface area (Å²) < 4.78 is 18.3. The largest absolute Gasteiger partial charge is 0.496 e. The van der Waals surface area contributed by atoms with Gasteiger partial charge >= 0.3 is 0 Å². The summed E-state index contributed by atoms with van der Waals surface area (Å²) >= 11 is 0. The lowest BCUT2D eigenvalue weighted by atomic mass is 10.0. The number of carbonyl (C=O) groups excluding carboxylic acids is 1. The van der Waals surface area contributed by atoms with Gasteiger partial charge < -0.3 is 15.8 Å². The average Bonchev–Trinajstić information content (AvgIpc) is 2.85. The Kier molecular flexibility index (Phi) is 4.37. The van der Waals surface area contributed by atoms with E-state index < -0.39 is 5.82 Å². The fourth-order valence-electron chi connectivity index (χ4n) is 2.61. The zero-order valence-electron chi connectivity index (χ0n) is 11.0. The van der Waals surface area contributed by atoms with E-state index in [-0.39, 0.29) is 17.5 Å². The number of hydrogen-bond acceptors (Lipinski definition) is 3. The summed E-state index contributed by atoms with van der Waals surface area (Å²) in [5.74, 6) is -0.0702. The second-order valence-corrected chi connectivity index (χ2v) is 4.85. The highest BCUT2D eigenvalue weighted by Gasteiger charge is 2.28. The topological polar surface area (TPSA) is 64.3 Å². The predicted molar refractivity (Wildman–Crippen MR) is 70.6 cm³/mol. The quantitative estimate of drug-likeness (QED) is 0.871. The number of nitrogens with one attached hydrogen (secondary N) is 1. The number of halogens is 1. The summed E-state index contributed by atoms with van der Waals surface area (Å²) in [7, 11) is 1.46. The summed E-state index contributed by atoms with van der Waals surface area (Å²) in [5, 5.41) is 2.93. The molecule has 0 radical (unpaired) electrons. The minimum absolute atomic E-state index is 0.0745. The van der Waals surface area contributed by atoms with Gasteiger partial charge in [0.05, 0.1) is 12.7 Å². The lowest BCUT2D eigenvalue weighted by molar-refractivity contribution is 0.0925. The summed E-state index contributed by atoms with van der Waals surface area (Å²) in [6, 6.07) is 4.00. The molecule has 1 aromatic carbocycles. The maximum atomic E-state index is 13.2. The smallest absolute Gasteiger partial charge is 0.255 e. The normalized spacial score (nSPS) is 22.3. The molecule has 19 heavy (non-hydrogen) atoms. The number of carbonyl (C=O) groups is 1. The number of ether oxygens (including phenoxy) is 1. The van der Waals surface area contributed by atoms with Crippen molar-refractivity contribution in [3.8, 4) is 5.75 Å². The van der Waals surface area contributed by atoms with Gasteiger partial charge in [-0.05, 0) is 43.5 Å². The molecular weight excluding hydrogens is 247 g/mol. The fraction of sp³-hybridized carbons (Fsp3) is 0.500.